The maximum absolute atomic E-state index is 4.21. The highest BCUT2D eigenvalue weighted by Gasteiger charge is 2.38. The Hall–Kier alpha value is -3.38. The highest BCUT2D eigenvalue weighted by molar-refractivity contribution is 5.72. The highest BCUT2D eigenvalue weighted by Crippen LogP contribution is 2.52. The second-order valence-electron chi connectivity index (χ2n) is 12.3. The molecule has 2 aromatic rings. The monoisotopic (exact) mass is 633 g/mol. The fourth-order valence-electron chi connectivity index (χ4n) is 6.79. The topological polar surface area (TPSA) is 0 Å². The van der Waals surface area contributed by atoms with E-state index in [4.69, 9.17) is 0 Å². The predicted molar refractivity (Wildman–Crippen MR) is 215 cm³/mol. The van der Waals surface area contributed by atoms with Crippen LogP contribution < -0.4 is 0 Å². The lowest BCUT2D eigenvalue weighted by molar-refractivity contribution is 0.282. The molecule has 0 aliphatic heterocycles. The van der Waals surface area contributed by atoms with Crippen molar-refractivity contribution in [3.63, 3.8) is 0 Å². The van der Waals surface area contributed by atoms with Crippen molar-refractivity contribution in [2.45, 2.75) is 128 Å². The predicted octanol–water partition coefficient (Wildman–Crippen LogP) is 14.7. The first-order valence-corrected chi connectivity index (χ1v) is 18.7. The largest absolute Gasteiger partial charge is 0.0958 e. The van der Waals surface area contributed by atoms with Crippen LogP contribution in [-0.2, 0) is 12.8 Å². The van der Waals surface area contributed by atoms with Gasteiger partial charge in [-0.25, -0.2) is 0 Å². The van der Waals surface area contributed by atoms with Gasteiger partial charge in [-0.3, -0.25) is 0 Å². The van der Waals surface area contributed by atoms with Crippen molar-refractivity contribution in [3.8, 4) is 0 Å². The van der Waals surface area contributed by atoms with Crippen molar-refractivity contribution in [2.24, 2.45) is 11.3 Å². The summed E-state index contributed by atoms with van der Waals surface area (Å²) >= 11 is 0. The number of fused-ring (bicyclic) bond motifs is 1. The molecule has 0 spiro atoms. The lowest BCUT2D eigenvalue weighted by Crippen LogP contribution is -2.28. The molecule has 0 saturated heterocycles. The van der Waals surface area contributed by atoms with E-state index in [9.17, 15) is 0 Å². The third-order valence-corrected chi connectivity index (χ3v) is 9.41. The van der Waals surface area contributed by atoms with E-state index in [2.05, 4.69) is 139 Å². The standard InChI is InChI=1S/C27H34.C14H16.3C2H6/c1-6-14-27(5,8-3)26-19-23(22-12-10-9-11-13-22)18-24-16-21(17-25(24)26)15-20(4)7-2;1-3-4-7-12-9-13-8-5-6-11(2)14(13)10-12;3*1-2/h6,9-15,18,26H,4,7-8,16-17,19H2,1-3,5H3;3-8H,9-10H2,1-2H3;3*1-2H3/b14-6?,21-15-;4-3-,12-7-;;;. The van der Waals surface area contributed by atoms with Crippen LogP contribution in [0.1, 0.15) is 131 Å². The summed E-state index contributed by atoms with van der Waals surface area (Å²) in [6.45, 7) is 29.6. The molecule has 0 aromatic heterocycles. The van der Waals surface area contributed by atoms with Crippen LogP contribution in [0.25, 0.3) is 5.57 Å². The van der Waals surface area contributed by atoms with Gasteiger partial charge in [0, 0.05) is 0 Å². The highest BCUT2D eigenvalue weighted by atomic mass is 14.4. The van der Waals surface area contributed by atoms with E-state index in [0.717, 1.165) is 38.5 Å². The maximum atomic E-state index is 4.21. The Balaban J connectivity index is 0.000000463. The van der Waals surface area contributed by atoms with Gasteiger partial charge in [0.15, 0.2) is 0 Å². The number of allylic oxidation sites excluding steroid dienone is 13. The van der Waals surface area contributed by atoms with Crippen LogP contribution in [0, 0.1) is 18.3 Å². The maximum Gasteiger partial charge on any atom is -0.00552 e. The number of benzene rings is 2. The third-order valence-electron chi connectivity index (χ3n) is 9.41. The van der Waals surface area contributed by atoms with Crippen LogP contribution in [0.5, 0.6) is 0 Å². The molecule has 0 heteroatoms. The smallest absolute Gasteiger partial charge is 0.00552 e. The summed E-state index contributed by atoms with van der Waals surface area (Å²) in [7, 11) is 0. The second kappa shape index (κ2) is 22.2. The first kappa shape index (κ1) is 41.6. The first-order chi connectivity index (χ1) is 22.8. The average Bonchev–Trinajstić information content (AvgIpc) is 3.74. The SMILES string of the molecule is C/C=C\C=C1\Cc2cccc(C)c2C1.C=C(/C=C1/CC2=C(C1)C(C(C)(C=CC)CC)CC(c1ccccc1)=C2)CC.CC.CC.CC. The number of rotatable bonds is 7. The van der Waals surface area contributed by atoms with E-state index in [1.165, 1.54) is 39.8 Å². The van der Waals surface area contributed by atoms with Gasteiger partial charge in [0.05, 0.1) is 0 Å². The summed E-state index contributed by atoms with van der Waals surface area (Å²) in [6, 6.07) is 17.6. The van der Waals surface area contributed by atoms with Crippen LogP contribution in [-0.4, -0.2) is 0 Å². The molecular formula is C47H68. The quantitative estimate of drug-likeness (QED) is 0.266. The summed E-state index contributed by atoms with van der Waals surface area (Å²) in [4.78, 5) is 0. The molecule has 0 fully saturated rings. The van der Waals surface area contributed by atoms with Gasteiger partial charge in [0.2, 0.25) is 0 Å². The number of aryl methyl sites for hydroxylation is 1. The van der Waals surface area contributed by atoms with Gasteiger partial charge in [0.1, 0.15) is 0 Å². The van der Waals surface area contributed by atoms with Gasteiger partial charge >= 0.3 is 0 Å². The Morgan fingerprint density at radius 1 is 0.830 bits per heavy atom. The van der Waals surface area contributed by atoms with Crippen molar-refractivity contribution in [3.05, 3.63) is 148 Å². The fourth-order valence-corrected chi connectivity index (χ4v) is 6.79. The Bertz CT molecular complexity index is 1420. The Morgan fingerprint density at radius 3 is 2.09 bits per heavy atom. The molecule has 47 heavy (non-hydrogen) atoms. The molecule has 3 aliphatic carbocycles. The minimum atomic E-state index is 0.209. The van der Waals surface area contributed by atoms with E-state index < -0.39 is 0 Å². The van der Waals surface area contributed by atoms with Crippen molar-refractivity contribution in [1.29, 1.82) is 0 Å². The van der Waals surface area contributed by atoms with E-state index >= 15 is 0 Å². The zero-order valence-electron chi connectivity index (χ0n) is 32.4. The number of hydrogen-bond acceptors (Lipinski definition) is 0. The van der Waals surface area contributed by atoms with E-state index in [0.29, 0.717) is 5.92 Å². The third kappa shape index (κ3) is 11.7. The van der Waals surface area contributed by atoms with E-state index in [1.807, 2.05) is 41.5 Å². The van der Waals surface area contributed by atoms with Crippen LogP contribution in [0.4, 0.5) is 0 Å². The van der Waals surface area contributed by atoms with Gasteiger partial charge in [0.25, 0.3) is 0 Å². The molecule has 0 bridgehead atoms. The van der Waals surface area contributed by atoms with Gasteiger partial charge in [-0.15, -0.1) is 0 Å². The van der Waals surface area contributed by atoms with Crippen molar-refractivity contribution in [1.82, 2.24) is 0 Å². The number of hydrogen-bond donors (Lipinski definition) is 0. The van der Waals surface area contributed by atoms with Crippen LogP contribution in [0.15, 0.2) is 126 Å². The molecule has 0 saturated carbocycles. The summed E-state index contributed by atoms with van der Waals surface area (Å²) < 4.78 is 0. The molecule has 0 amide bonds. The summed E-state index contributed by atoms with van der Waals surface area (Å²) in [5.41, 5.74) is 15.1. The Kier molecular flexibility index (Phi) is 19.7. The normalized spacial score (nSPS) is 19.2. The summed E-state index contributed by atoms with van der Waals surface area (Å²) in [5.74, 6) is 0.578. The molecule has 2 unspecified atom stereocenters. The summed E-state index contributed by atoms with van der Waals surface area (Å²) in [5, 5.41) is 0. The van der Waals surface area contributed by atoms with Gasteiger partial charge < -0.3 is 0 Å². The zero-order chi connectivity index (χ0) is 35.4. The average molecular weight is 633 g/mol. The molecule has 5 rings (SSSR count). The van der Waals surface area contributed by atoms with Crippen LogP contribution in [0.2, 0.25) is 0 Å². The summed E-state index contributed by atoms with van der Waals surface area (Å²) in [6.07, 6.45) is 23.9. The minimum absolute atomic E-state index is 0.209. The first-order valence-electron chi connectivity index (χ1n) is 18.7. The molecule has 0 N–H and O–H groups in total. The molecule has 2 aromatic carbocycles. The molecule has 0 radical (unpaired) electrons. The molecule has 0 nitrogen and oxygen atoms in total. The second-order valence-corrected chi connectivity index (χ2v) is 12.3. The molecule has 256 valence electrons. The zero-order valence-corrected chi connectivity index (χ0v) is 32.4. The van der Waals surface area contributed by atoms with Gasteiger partial charge in [-0.05, 0) is 110 Å². The van der Waals surface area contributed by atoms with E-state index in [1.54, 1.807) is 22.3 Å². The lowest BCUT2D eigenvalue weighted by atomic mass is 9.65. The fraction of sp³-hybridized carbons (Fsp3) is 0.447. The Morgan fingerprint density at radius 2 is 1.51 bits per heavy atom. The van der Waals surface area contributed by atoms with Crippen LogP contribution in [0.3, 0.4) is 0 Å². The van der Waals surface area contributed by atoms with E-state index in [-0.39, 0.29) is 5.41 Å². The molecular weight excluding hydrogens is 565 g/mol. The molecule has 0 heterocycles. The molecule has 2 atom stereocenters. The van der Waals surface area contributed by atoms with Crippen LogP contribution >= 0.6 is 0 Å². The van der Waals surface area contributed by atoms with Gasteiger partial charge in [-0.1, -0.05) is 182 Å². The van der Waals surface area contributed by atoms with Crippen molar-refractivity contribution in [2.75, 3.05) is 0 Å². The lowest BCUT2D eigenvalue weighted by Gasteiger charge is -2.39. The van der Waals surface area contributed by atoms with Crippen molar-refractivity contribution < 1.29 is 0 Å². The van der Waals surface area contributed by atoms with Gasteiger partial charge in [-0.2, -0.15) is 0 Å². The molecule has 3 aliphatic rings. The Labute approximate surface area is 291 Å². The van der Waals surface area contributed by atoms with Crippen molar-refractivity contribution >= 4 is 5.57 Å². The minimum Gasteiger partial charge on any atom is -0.0958 e.